The Labute approximate surface area is 123 Å². The summed E-state index contributed by atoms with van der Waals surface area (Å²) in [5.74, 6) is 0.356. The number of nitrogens with one attached hydrogen (secondary N) is 1. The summed E-state index contributed by atoms with van der Waals surface area (Å²) in [4.78, 5) is 12.2. The van der Waals surface area contributed by atoms with Crippen LogP contribution in [0.25, 0.3) is 0 Å². The van der Waals surface area contributed by atoms with Gasteiger partial charge in [0.15, 0.2) is 0 Å². The molecule has 1 aromatic carbocycles. The van der Waals surface area contributed by atoms with E-state index in [0.29, 0.717) is 17.0 Å². The number of amides is 1. The maximum Gasteiger partial charge on any atom is 0.252 e. The van der Waals surface area contributed by atoms with Crippen molar-refractivity contribution in [2.75, 3.05) is 11.8 Å². The number of hydrogen-bond donors (Lipinski definition) is 1. The lowest BCUT2D eigenvalue weighted by molar-refractivity contribution is 0.0913. The summed E-state index contributed by atoms with van der Waals surface area (Å²) in [5, 5.41) is 3.43. The average molecular weight is 309 g/mol. The summed E-state index contributed by atoms with van der Waals surface area (Å²) in [7, 11) is 0. The number of rotatable bonds is 5. The Morgan fingerprint density at radius 1 is 1.33 bits per heavy atom. The van der Waals surface area contributed by atoms with Crippen LogP contribution in [0.5, 0.6) is 0 Å². The second-order valence-electron chi connectivity index (χ2n) is 4.31. The Morgan fingerprint density at radius 3 is 2.44 bits per heavy atom. The van der Waals surface area contributed by atoms with Gasteiger partial charge >= 0.3 is 0 Å². The molecule has 0 saturated heterocycles. The van der Waals surface area contributed by atoms with Crippen molar-refractivity contribution in [2.45, 2.75) is 25.8 Å². The Morgan fingerprint density at radius 2 is 1.94 bits per heavy atom. The van der Waals surface area contributed by atoms with E-state index in [0.717, 1.165) is 5.56 Å². The molecule has 5 heteroatoms. The quantitative estimate of drug-likeness (QED) is 0.818. The number of alkyl halides is 2. The lowest BCUT2D eigenvalue weighted by Crippen LogP contribution is -2.51. The average Bonchev–Trinajstić information content (AvgIpc) is 2.38. The van der Waals surface area contributed by atoms with Crippen molar-refractivity contribution < 1.29 is 4.79 Å². The Kier molecular flexibility index (Phi) is 5.77. The highest BCUT2D eigenvalue weighted by Crippen LogP contribution is 2.19. The molecule has 0 aliphatic heterocycles. The van der Waals surface area contributed by atoms with Gasteiger partial charge in [0.2, 0.25) is 0 Å². The summed E-state index contributed by atoms with van der Waals surface area (Å²) in [6, 6.07) is 5.21. The SMILES string of the molecule is CCC(CCl)(CCl)NC(=O)c1cc(Cl)ccc1C. The molecule has 0 unspecified atom stereocenters. The van der Waals surface area contributed by atoms with Gasteiger partial charge in [-0.05, 0) is 31.0 Å². The molecule has 0 aliphatic rings. The fourth-order valence-corrected chi connectivity index (χ4v) is 2.50. The number of halogens is 3. The third-order valence-corrected chi connectivity index (χ3v) is 4.27. The molecule has 0 spiro atoms. The first-order chi connectivity index (χ1) is 8.48. The smallest absolute Gasteiger partial charge is 0.252 e. The van der Waals surface area contributed by atoms with Crippen LogP contribution < -0.4 is 5.32 Å². The van der Waals surface area contributed by atoms with Crippen LogP contribution >= 0.6 is 34.8 Å². The molecule has 1 N–H and O–H groups in total. The summed E-state index contributed by atoms with van der Waals surface area (Å²) in [5.41, 5.74) is 0.844. The van der Waals surface area contributed by atoms with Gasteiger partial charge in [-0.25, -0.2) is 0 Å². The number of carbonyl (C=O) groups excluding carboxylic acids is 1. The van der Waals surface area contributed by atoms with E-state index in [1.165, 1.54) is 0 Å². The zero-order valence-corrected chi connectivity index (χ0v) is 12.7. The highest BCUT2D eigenvalue weighted by Gasteiger charge is 2.29. The lowest BCUT2D eigenvalue weighted by atomic mass is 9.99. The van der Waals surface area contributed by atoms with E-state index < -0.39 is 5.54 Å². The van der Waals surface area contributed by atoms with Gasteiger partial charge in [-0.2, -0.15) is 0 Å². The fourth-order valence-electron chi connectivity index (χ4n) is 1.53. The van der Waals surface area contributed by atoms with Gasteiger partial charge in [-0.15, -0.1) is 23.2 Å². The van der Waals surface area contributed by atoms with Gasteiger partial charge < -0.3 is 5.32 Å². The summed E-state index contributed by atoms with van der Waals surface area (Å²) in [6.45, 7) is 3.80. The molecule has 0 fully saturated rings. The molecular weight excluding hydrogens is 293 g/mol. The predicted molar refractivity (Wildman–Crippen MR) is 78.1 cm³/mol. The van der Waals surface area contributed by atoms with Crippen LogP contribution in [0.3, 0.4) is 0 Å². The maximum atomic E-state index is 12.2. The summed E-state index contributed by atoms with van der Waals surface area (Å²) < 4.78 is 0. The minimum absolute atomic E-state index is 0.196. The number of aryl methyl sites for hydroxylation is 1. The van der Waals surface area contributed by atoms with Crippen LogP contribution in [-0.4, -0.2) is 23.2 Å². The fraction of sp³-hybridized carbons (Fsp3) is 0.462. The molecule has 18 heavy (non-hydrogen) atoms. The maximum absolute atomic E-state index is 12.2. The molecule has 1 rings (SSSR count). The van der Waals surface area contributed by atoms with Crippen molar-refractivity contribution in [1.29, 1.82) is 0 Å². The van der Waals surface area contributed by atoms with Crippen LogP contribution in [0.2, 0.25) is 5.02 Å². The van der Waals surface area contributed by atoms with Gasteiger partial charge in [0.1, 0.15) is 0 Å². The first-order valence-electron chi connectivity index (χ1n) is 5.68. The molecule has 0 aliphatic carbocycles. The summed E-state index contributed by atoms with van der Waals surface area (Å²) in [6.07, 6.45) is 0.672. The van der Waals surface area contributed by atoms with E-state index in [2.05, 4.69) is 5.32 Å². The Balaban J connectivity index is 2.97. The van der Waals surface area contributed by atoms with Crippen LogP contribution in [0, 0.1) is 6.92 Å². The monoisotopic (exact) mass is 307 g/mol. The lowest BCUT2D eigenvalue weighted by Gasteiger charge is -2.29. The topological polar surface area (TPSA) is 29.1 Å². The largest absolute Gasteiger partial charge is 0.344 e. The molecule has 1 amide bonds. The van der Waals surface area contributed by atoms with E-state index in [-0.39, 0.29) is 17.7 Å². The minimum atomic E-state index is -0.574. The third kappa shape index (κ3) is 3.53. The molecular formula is C13H16Cl3NO. The molecule has 0 bridgehead atoms. The highest BCUT2D eigenvalue weighted by atomic mass is 35.5. The normalized spacial score (nSPS) is 11.4. The number of hydrogen-bond acceptors (Lipinski definition) is 1. The Bertz CT molecular complexity index is 422. The molecule has 0 heterocycles. The van der Waals surface area contributed by atoms with Gasteiger partial charge in [0.05, 0.1) is 5.54 Å². The molecule has 100 valence electrons. The molecule has 1 aromatic rings. The van der Waals surface area contributed by atoms with Gasteiger partial charge in [-0.3, -0.25) is 4.79 Å². The van der Waals surface area contributed by atoms with Crippen LogP contribution in [0.1, 0.15) is 29.3 Å². The van der Waals surface area contributed by atoms with Crippen molar-refractivity contribution >= 4 is 40.7 Å². The molecule has 0 radical (unpaired) electrons. The van der Waals surface area contributed by atoms with Gasteiger partial charge in [0, 0.05) is 22.3 Å². The summed E-state index contributed by atoms with van der Waals surface area (Å²) >= 11 is 17.7. The van der Waals surface area contributed by atoms with E-state index in [9.17, 15) is 4.79 Å². The molecule has 0 aromatic heterocycles. The van der Waals surface area contributed by atoms with Crippen molar-refractivity contribution in [3.8, 4) is 0 Å². The van der Waals surface area contributed by atoms with Crippen LogP contribution in [0.4, 0.5) is 0 Å². The minimum Gasteiger partial charge on any atom is -0.344 e. The van der Waals surface area contributed by atoms with Crippen LogP contribution in [0.15, 0.2) is 18.2 Å². The number of carbonyl (C=O) groups is 1. The molecule has 0 atom stereocenters. The first-order valence-corrected chi connectivity index (χ1v) is 7.13. The van der Waals surface area contributed by atoms with Crippen molar-refractivity contribution in [3.63, 3.8) is 0 Å². The second-order valence-corrected chi connectivity index (χ2v) is 5.29. The van der Waals surface area contributed by atoms with E-state index in [1.54, 1.807) is 12.1 Å². The van der Waals surface area contributed by atoms with E-state index in [1.807, 2.05) is 19.9 Å². The van der Waals surface area contributed by atoms with Gasteiger partial charge in [-0.1, -0.05) is 24.6 Å². The number of benzene rings is 1. The zero-order chi connectivity index (χ0) is 13.8. The zero-order valence-electron chi connectivity index (χ0n) is 10.4. The first kappa shape index (κ1) is 15.6. The van der Waals surface area contributed by atoms with E-state index in [4.69, 9.17) is 34.8 Å². The highest BCUT2D eigenvalue weighted by molar-refractivity contribution is 6.31. The molecule has 0 saturated carbocycles. The van der Waals surface area contributed by atoms with Crippen molar-refractivity contribution in [3.05, 3.63) is 34.3 Å². The van der Waals surface area contributed by atoms with Gasteiger partial charge in [0.25, 0.3) is 5.91 Å². The third-order valence-electron chi connectivity index (χ3n) is 3.01. The van der Waals surface area contributed by atoms with Crippen LogP contribution in [-0.2, 0) is 0 Å². The Hall–Kier alpha value is -0.440. The standard InChI is InChI=1S/C13H16Cl3NO/c1-3-13(7-14,8-15)17-12(18)11-6-10(16)5-4-9(11)2/h4-6H,3,7-8H2,1-2H3,(H,17,18). The van der Waals surface area contributed by atoms with Crippen molar-refractivity contribution in [1.82, 2.24) is 5.32 Å². The van der Waals surface area contributed by atoms with E-state index >= 15 is 0 Å². The second kappa shape index (κ2) is 6.65. The molecule has 2 nitrogen and oxygen atoms in total. The predicted octanol–water partition coefficient (Wildman–Crippen LogP) is 4.00. The van der Waals surface area contributed by atoms with Crippen molar-refractivity contribution in [2.24, 2.45) is 0 Å².